The summed E-state index contributed by atoms with van der Waals surface area (Å²) < 4.78 is 5.64. The Hall–Kier alpha value is -0.810. The number of rotatable bonds is 5. The summed E-state index contributed by atoms with van der Waals surface area (Å²) in [7, 11) is 0. The van der Waals surface area contributed by atoms with Crippen LogP contribution < -0.4 is 10.6 Å². The van der Waals surface area contributed by atoms with E-state index < -0.39 is 0 Å². The van der Waals surface area contributed by atoms with Gasteiger partial charge in [0, 0.05) is 31.3 Å². The lowest BCUT2D eigenvalue weighted by molar-refractivity contribution is -0.0139. The van der Waals surface area contributed by atoms with Crippen molar-refractivity contribution in [1.82, 2.24) is 15.5 Å². The molecule has 3 fully saturated rings. The molecule has 2 aliphatic heterocycles. The van der Waals surface area contributed by atoms with Crippen LogP contribution in [-0.2, 0) is 4.74 Å². The molecule has 1 saturated carbocycles. The lowest BCUT2D eigenvalue weighted by Gasteiger charge is -2.43. The van der Waals surface area contributed by atoms with Crippen molar-refractivity contribution in [1.29, 1.82) is 0 Å². The van der Waals surface area contributed by atoms with Crippen molar-refractivity contribution < 1.29 is 4.74 Å². The van der Waals surface area contributed by atoms with Crippen molar-refractivity contribution in [2.24, 2.45) is 4.99 Å². The standard InChI is InChI=1S/C18H34N4O/c1-2-19-17(21-16-7-3-4-8-16)20-15-18(9-13-23-14-10-18)22-11-5-6-12-22/h16H,2-15H2,1H3,(H2,19,20,21). The van der Waals surface area contributed by atoms with Gasteiger partial charge in [0.1, 0.15) is 0 Å². The zero-order chi connectivity index (χ0) is 16.0. The lowest BCUT2D eigenvalue weighted by atomic mass is 9.88. The van der Waals surface area contributed by atoms with Gasteiger partial charge >= 0.3 is 0 Å². The first kappa shape index (κ1) is 17.0. The summed E-state index contributed by atoms with van der Waals surface area (Å²) >= 11 is 0. The predicted octanol–water partition coefficient (Wildman–Crippen LogP) is 2.13. The number of nitrogens with zero attached hydrogens (tertiary/aromatic N) is 2. The SMILES string of the molecule is CCNC(=NCC1(N2CCCC2)CCOCC1)NC1CCCC1. The van der Waals surface area contributed by atoms with Crippen LogP contribution >= 0.6 is 0 Å². The first-order valence-corrected chi connectivity index (χ1v) is 9.70. The Morgan fingerprint density at radius 2 is 1.83 bits per heavy atom. The van der Waals surface area contributed by atoms with Gasteiger partial charge in [-0.05, 0) is 58.5 Å². The first-order chi connectivity index (χ1) is 11.3. The summed E-state index contributed by atoms with van der Waals surface area (Å²) in [6.45, 7) is 8.23. The summed E-state index contributed by atoms with van der Waals surface area (Å²) in [6, 6.07) is 0.616. The van der Waals surface area contributed by atoms with Crippen LogP contribution in [0.2, 0.25) is 0 Å². The van der Waals surface area contributed by atoms with Crippen molar-refractivity contribution in [3.63, 3.8) is 0 Å². The van der Waals surface area contributed by atoms with Crippen LogP contribution in [0.5, 0.6) is 0 Å². The van der Waals surface area contributed by atoms with Crippen LogP contribution in [0, 0.1) is 0 Å². The Balaban J connectivity index is 1.66. The van der Waals surface area contributed by atoms with E-state index in [2.05, 4.69) is 22.5 Å². The van der Waals surface area contributed by atoms with Gasteiger partial charge in [-0.25, -0.2) is 0 Å². The number of nitrogens with one attached hydrogen (secondary N) is 2. The van der Waals surface area contributed by atoms with Crippen LogP contribution in [0.4, 0.5) is 0 Å². The van der Waals surface area contributed by atoms with E-state index in [1.165, 1.54) is 51.6 Å². The summed E-state index contributed by atoms with van der Waals surface area (Å²) in [5.74, 6) is 1.02. The smallest absolute Gasteiger partial charge is 0.191 e. The quantitative estimate of drug-likeness (QED) is 0.601. The minimum Gasteiger partial charge on any atom is -0.381 e. The van der Waals surface area contributed by atoms with Gasteiger partial charge in [0.25, 0.3) is 0 Å². The molecule has 5 nitrogen and oxygen atoms in total. The van der Waals surface area contributed by atoms with Crippen molar-refractivity contribution >= 4 is 5.96 Å². The Morgan fingerprint density at radius 3 is 2.48 bits per heavy atom. The summed E-state index contributed by atoms with van der Waals surface area (Å²) in [5.41, 5.74) is 0.229. The number of hydrogen-bond acceptors (Lipinski definition) is 3. The van der Waals surface area contributed by atoms with E-state index in [9.17, 15) is 0 Å². The molecular formula is C18H34N4O. The molecule has 0 unspecified atom stereocenters. The van der Waals surface area contributed by atoms with E-state index in [0.29, 0.717) is 6.04 Å². The highest BCUT2D eigenvalue weighted by atomic mass is 16.5. The van der Waals surface area contributed by atoms with Crippen LogP contribution in [0.15, 0.2) is 4.99 Å². The largest absolute Gasteiger partial charge is 0.381 e. The van der Waals surface area contributed by atoms with E-state index in [4.69, 9.17) is 9.73 Å². The van der Waals surface area contributed by atoms with Gasteiger partial charge in [0.2, 0.25) is 0 Å². The maximum absolute atomic E-state index is 5.64. The minimum atomic E-state index is 0.229. The molecule has 0 amide bonds. The molecule has 2 N–H and O–H groups in total. The number of likely N-dealkylation sites (tertiary alicyclic amines) is 1. The molecule has 132 valence electrons. The Bertz CT molecular complexity index is 380. The molecule has 5 heteroatoms. The Labute approximate surface area is 141 Å². The molecular weight excluding hydrogens is 288 g/mol. The fourth-order valence-corrected chi connectivity index (χ4v) is 4.33. The highest BCUT2D eigenvalue weighted by molar-refractivity contribution is 5.80. The van der Waals surface area contributed by atoms with Gasteiger partial charge in [0.15, 0.2) is 5.96 Å². The van der Waals surface area contributed by atoms with Crippen molar-refractivity contribution in [3.05, 3.63) is 0 Å². The van der Waals surface area contributed by atoms with Crippen LogP contribution in [0.1, 0.15) is 58.3 Å². The average Bonchev–Trinajstić information content (AvgIpc) is 3.27. The van der Waals surface area contributed by atoms with Gasteiger partial charge in [0.05, 0.1) is 6.54 Å². The van der Waals surface area contributed by atoms with Crippen molar-refractivity contribution in [2.45, 2.75) is 69.9 Å². The van der Waals surface area contributed by atoms with Crippen LogP contribution in [-0.4, -0.2) is 61.8 Å². The summed E-state index contributed by atoms with van der Waals surface area (Å²) in [5, 5.41) is 7.10. The number of aliphatic imine (C=N–C) groups is 1. The molecule has 23 heavy (non-hydrogen) atoms. The summed E-state index contributed by atoms with van der Waals surface area (Å²) in [4.78, 5) is 7.71. The summed E-state index contributed by atoms with van der Waals surface area (Å²) in [6.07, 6.45) is 10.2. The van der Waals surface area contributed by atoms with E-state index in [-0.39, 0.29) is 5.54 Å². The number of ether oxygens (including phenoxy) is 1. The molecule has 3 aliphatic rings. The Kier molecular flexibility index (Phi) is 6.17. The molecule has 2 heterocycles. The molecule has 0 spiro atoms. The third-order valence-electron chi connectivity index (χ3n) is 5.77. The normalized spacial score (nSPS) is 26.6. The van der Waals surface area contributed by atoms with Gasteiger partial charge in [-0.2, -0.15) is 0 Å². The van der Waals surface area contributed by atoms with Crippen molar-refractivity contribution in [2.75, 3.05) is 39.4 Å². The topological polar surface area (TPSA) is 48.9 Å². The van der Waals surface area contributed by atoms with Crippen LogP contribution in [0.3, 0.4) is 0 Å². The zero-order valence-electron chi connectivity index (χ0n) is 14.8. The molecule has 0 bridgehead atoms. The highest BCUT2D eigenvalue weighted by Gasteiger charge is 2.39. The van der Waals surface area contributed by atoms with E-state index in [1.54, 1.807) is 0 Å². The molecule has 0 aromatic carbocycles. The number of guanidine groups is 1. The second-order valence-corrected chi connectivity index (χ2v) is 7.35. The monoisotopic (exact) mass is 322 g/mol. The minimum absolute atomic E-state index is 0.229. The zero-order valence-corrected chi connectivity index (χ0v) is 14.8. The van der Waals surface area contributed by atoms with E-state index in [0.717, 1.165) is 45.1 Å². The second kappa shape index (κ2) is 8.34. The molecule has 1 aliphatic carbocycles. The second-order valence-electron chi connectivity index (χ2n) is 7.35. The molecule has 2 saturated heterocycles. The molecule has 0 atom stereocenters. The molecule has 0 aromatic rings. The molecule has 3 rings (SSSR count). The predicted molar refractivity (Wildman–Crippen MR) is 95.0 cm³/mol. The van der Waals surface area contributed by atoms with Crippen molar-refractivity contribution in [3.8, 4) is 0 Å². The van der Waals surface area contributed by atoms with Gasteiger partial charge in [-0.15, -0.1) is 0 Å². The van der Waals surface area contributed by atoms with E-state index in [1.807, 2.05) is 0 Å². The Morgan fingerprint density at radius 1 is 1.13 bits per heavy atom. The molecule has 0 aromatic heterocycles. The van der Waals surface area contributed by atoms with Gasteiger partial charge < -0.3 is 15.4 Å². The third-order valence-corrected chi connectivity index (χ3v) is 5.77. The molecule has 0 radical (unpaired) electrons. The third kappa shape index (κ3) is 4.38. The van der Waals surface area contributed by atoms with Crippen LogP contribution in [0.25, 0.3) is 0 Å². The first-order valence-electron chi connectivity index (χ1n) is 9.70. The van der Waals surface area contributed by atoms with Gasteiger partial charge in [-0.1, -0.05) is 12.8 Å². The fraction of sp³-hybridized carbons (Fsp3) is 0.944. The fourth-order valence-electron chi connectivity index (χ4n) is 4.33. The maximum atomic E-state index is 5.64. The lowest BCUT2D eigenvalue weighted by Crippen LogP contribution is -2.54. The van der Waals surface area contributed by atoms with E-state index >= 15 is 0 Å². The number of hydrogen-bond donors (Lipinski definition) is 2. The maximum Gasteiger partial charge on any atom is 0.191 e. The highest BCUT2D eigenvalue weighted by Crippen LogP contribution is 2.31. The average molecular weight is 322 g/mol. The van der Waals surface area contributed by atoms with Gasteiger partial charge in [-0.3, -0.25) is 9.89 Å².